The second-order valence-corrected chi connectivity index (χ2v) is 7.05. The SMILES string of the molecule is C[C@H](CCN1CCOCC1)NC(=O)N1CCOc2ccc(Cl)cc2C1. The fraction of sp³-hybridized carbons (Fsp3) is 0.611. The van der Waals surface area contributed by atoms with Crippen LogP contribution in [0.3, 0.4) is 0 Å². The predicted molar refractivity (Wildman–Crippen MR) is 97.2 cm³/mol. The minimum absolute atomic E-state index is 0.0501. The first-order valence-corrected chi connectivity index (χ1v) is 9.26. The Bertz CT molecular complexity index is 593. The summed E-state index contributed by atoms with van der Waals surface area (Å²) >= 11 is 6.07. The molecule has 2 aliphatic heterocycles. The number of ether oxygens (including phenoxy) is 2. The number of hydrogen-bond acceptors (Lipinski definition) is 4. The van der Waals surface area contributed by atoms with E-state index in [0.717, 1.165) is 50.6 Å². The molecule has 1 aromatic rings. The lowest BCUT2D eigenvalue weighted by Gasteiger charge is -2.28. The number of hydrogen-bond donors (Lipinski definition) is 1. The van der Waals surface area contributed by atoms with Crippen molar-refractivity contribution in [3.8, 4) is 5.75 Å². The first kappa shape index (κ1) is 18.3. The van der Waals surface area contributed by atoms with Crippen molar-refractivity contribution >= 4 is 17.6 Å². The summed E-state index contributed by atoms with van der Waals surface area (Å²) in [6.45, 7) is 8.15. The molecule has 25 heavy (non-hydrogen) atoms. The highest BCUT2D eigenvalue weighted by Crippen LogP contribution is 2.26. The van der Waals surface area contributed by atoms with Gasteiger partial charge < -0.3 is 19.7 Å². The minimum Gasteiger partial charge on any atom is -0.491 e. The highest BCUT2D eigenvalue weighted by molar-refractivity contribution is 6.30. The molecule has 0 unspecified atom stereocenters. The van der Waals surface area contributed by atoms with Crippen LogP contribution in [0.4, 0.5) is 4.79 Å². The first-order chi connectivity index (χ1) is 12.1. The molecule has 0 spiro atoms. The first-order valence-electron chi connectivity index (χ1n) is 8.88. The lowest BCUT2D eigenvalue weighted by Crippen LogP contribution is -2.46. The molecule has 2 aliphatic rings. The Morgan fingerprint density at radius 1 is 1.28 bits per heavy atom. The fourth-order valence-corrected chi connectivity index (χ4v) is 3.31. The fourth-order valence-electron chi connectivity index (χ4n) is 3.11. The minimum atomic E-state index is -0.0501. The third-order valence-corrected chi connectivity index (χ3v) is 4.88. The molecule has 6 nitrogen and oxygen atoms in total. The molecule has 7 heteroatoms. The average Bonchev–Trinajstić information content (AvgIpc) is 2.83. The normalized spacial score (nSPS) is 19.5. The Morgan fingerprint density at radius 3 is 2.88 bits per heavy atom. The molecule has 138 valence electrons. The van der Waals surface area contributed by atoms with Crippen LogP contribution in [0.2, 0.25) is 5.02 Å². The summed E-state index contributed by atoms with van der Waals surface area (Å²) < 4.78 is 11.1. The van der Waals surface area contributed by atoms with Gasteiger partial charge in [-0.05, 0) is 31.5 Å². The van der Waals surface area contributed by atoms with Crippen molar-refractivity contribution in [2.45, 2.75) is 25.9 Å². The summed E-state index contributed by atoms with van der Waals surface area (Å²) in [5, 5.41) is 3.76. The number of benzene rings is 1. The summed E-state index contributed by atoms with van der Waals surface area (Å²) in [5.41, 5.74) is 0.945. The third-order valence-electron chi connectivity index (χ3n) is 4.64. The maximum Gasteiger partial charge on any atom is 0.318 e. The Morgan fingerprint density at radius 2 is 2.08 bits per heavy atom. The number of amides is 2. The number of urea groups is 1. The maximum absolute atomic E-state index is 12.6. The van der Waals surface area contributed by atoms with Gasteiger partial charge in [-0.15, -0.1) is 0 Å². The van der Waals surface area contributed by atoms with E-state index in [0.29, 0.717) is 24.7 Å². The highest BCUT2D eigenvalue weighted by atomic mass is 35.5. The van der Waals surface area contributed by atoms with Crippen LogP contribution in [0.15, 0.2) is 18.2 Å². The van der Waals surface area contributed by atoms with Crippen molar-refractivity contribution in [2.75, 3.05) is 46.0 Å². The number of nitrogens with zero attached hydrogens (tertiary/aromatic N) is 2. The van der Waals surface area contributed by atoms with Gasteiger partial charge in [0.1, 0.15) is 12.4 Å². The maximum atomic E-state index is 12.6. The zero-order valence-corrected chi connectivity index (χ0v) is 15.4. The summed E-state index contributed by atoms with van der Waals surface area (Å²) in [7, 11) is 0. The zero-order valence-electron chi connectivity index (χ0n) is 14.7. The largest absolute Gasteiger partial charge is 0.491 e. The van der Waals surface area contributed by atoms with Crippen LogP contribution in [-0.4, -0.2) is 67.9 Å². The van der Waals surface area contributed by atoms with Crippen LogP contribution in [0.25, 0.3) is 0 Å². The lowest BCUT2D eigenvalue weighted by atomic mass is 10.2. The van der Waals surface area contributed by atoms with E-state index < -0.39 is 0 Å². The Balaban J connectivity index is 1.50. The molecule has 0 saturated carbocycles. The van der Waals surface area contributed by atoms with Crippen LogP contribution in [0.1, 0.15) is 18.9 Å². The molecule has 0 aromatic heterocycles. The van der Waals surface area contributed by atoms with Crippen LogP contribution < -0.4 is 10.1 Å². The number of carbonyl (C=O) groups is 1. The standard InChI is InChI=1S/C18H26ClN3O3/c1-14(4-5-21-6-9-24-10-7-21)20-18(23)22-8-11-25-17-3-2-16(19)12-15(17)13-22/h2-3,12,14H,4-11,13H2,1H3,(H,20,23)/t14-/m1/s1. The van der Waals surface area contributed by atoms with Gasteiger partial charge in [-0.25, -0.2) is 4.79 Å². The second kappa shape index (κ2) is 8.74. The number of carbonyl (C=O) groups excluding carboxylic acids is 1. The van der Waals surface area contributed by atoms with Crippen molar-refractivity contribution in [1.29, 1.82) is 0 Å². The van der Waals surface area contributed by atoms with Crippen LogP contribution >= 0.6 is 11.6 Å². The van der Waals surface area contributed by atoms with Crippen molar-refractivity contribution in [1.82, 2.24) is 15.1 Å². The van der Waals surface area contributed by atoms with Crippen molar-refractivity contribution < 1.29 is 14.3 Å². The number of morpholine rings is 1. The summed E-state index contributed by atoms with van der Waals surface area (Å²) in [5.74, 6) is 0.806. The van der Waals surface area contributed by atoms with E-state index in [9.17, 15) is 4.79 Å². The van der Waals surface area contributed by atoms with Gasteiger partial charge >= 0.3 is 6.03 Å². The number of halogens is 1. The van der Waals surface area contributed by atoms with Gasteiger partial charge in [-0.2, -0.15) is 0 Å². The van der Waals surface area contributed by atoms with E-state index in [4.69, 9.17) is 21.1 Å². The molecule has 1 N–H and O–H groups in total. The molecule has 0 aliphatic carbocycles. The molecular formula is C18H26ClN3O3. The summed E-state index contributed by atoms with van der Waals surface area (Å²) in [4.78, 5) is 16.8. The van der Waals surface area contributed by atoms with Gasteiger partial charge in [-0.3, -0.25) is 4.90 Å². The van der Waals surface area contributed by atoms with Crippen molar-refractivity contribution in [2.24, 2.45) is 0 Å². The van der Waals surface area contributed by atoms with Crippen molar-refractivity contribution in [3.05, 3.63) is 28.8 Å². The van der Waals surface area contributed by atoms with Crippen molar-refractivity contribution in [3.63, 3.8) is 0 Å². The molecule has 0 radical (unpaired) electrons. The quantitative estimate of drug-likeness (QED) is 0.887. The van der Waals surface area contributed by atoms with Gasteiger partial charge in [0.2, 0.25) is 0 Å². The molecule has 1 fully saturated rings. The van der Waals surface area contributed by atoms with E-state index >= 15 is 0 Å². The van der Waals surface area contributed by atoms with Gasteiger partial charge in [-0.1, -0.05) is 11.6 Å². The Hall–Kier alpha value is -1.50. The van der Waals surface area contributed by atoms with Gasteiger partial charge in [0, 0.05) is 36.3 Å². The number of nitrogens with one attached hydrogen (secondary N) is 1. The Labute approximate surface area is 154 Å². The van der Waals surface area contributed by atoms with Crippen LogP contribution in [0.5, 0.6) is 5.75 Å². The number of fused-ring (bicyclic) bond motifs is 1. The molecule has 1 saturated heterocycles. The van der Waals surface area contributed by atoms with Gasteiger partial charge in [0.25, 0.3) is 0 Å². The second-order valence-electron chi connectivity index (χ2n) is 6.62. The summed E-state index contributed by atoms with van der Waals surface area (Å²) in [6.07, 6.45) is 0.929. The van der Waals surface area contributed by atoms with Crippen LogP contribution in [0, 0.1) is 0 Å². The molecule has 1 atom stereocenters. The molecule has 3 rings (SSSR count). The monoisotopic (exact) mass is 367 g/mol. The van der Waals surface area contributed by atoms with E-state index in [1.807, 2.05) is 18.2 Å². The van der Waals surface area contributed by atoms with Gasteiger partial charge in [0.15, 0.2) is 0 Å². The van der Waals surface area contributed by atoms with E-state index in [2.05, 4.69) is 17.1 Å². The smallest absolute Gasteiger partial charge is 0.318 e. The van der Waals surface area contributed by atoms with E-state index in [1.54, 1.807) is 4.90 Å². The Kier molecular flexibility index (Phi) is 6.39. The molecular weight excluding hydrogens is 342 g/mol. The van der Waals surface area contributed by atoms with E-state index in [-0.39, 0.29) is 12.1 Å². The zero-order chi connectivity index (χ0) is 17.6. The topological polar surface area (TPSA) is 54.0 Å². The number of rotatable bonds is 4. The average molecular weight is 368 g/mol. The third kappa shape index (κ3) is 5.23. The molecule has 0 bridgehead atoms. The van der Waals surface area contributed by atoms with E-state index in [1.165, 1.54) is 0 Å². The summed E-state index contributed by atoms with van der Waals surface area (Å²) in [6, 6.07) is 5.61. The molecule has 1 aromatic carbocycles. The lowest BCUT2D eigenvalue weighted by molar-refractivity contribution is 0.0364. The predicted octanol–water partition coefficient (Wildman–Crippen LogP) is 2.35. The highest BCUT2D eigenvalue weighted by Gasteiger charge is 2.21. The van der Waals surface area contributed by atoms with Gasteiger partial charge in [0.05, 0.1) is 26.3 Å². The molecule has 2 amide bonds. The van der Waals surface area contributed by atoms with Crippen LogP contribution in [-0.2, 0) is 11.3 Å². The molecule has 2 heterocycles.